The van der Waals surface area contributed by atoms with E-state index in [-0.39, 0.29) is 18.4 Å². The van der Waals surface area contributed by atoms with E-state index < -0.39 is 6.10 Å². The summed E-state index contributed by atoms with van der Waals surface area (Å²) in [6.45, 7) is 6.55. The van der Waals surface area contributed by atoms with E-state index in [1.807, 2.05) is 13.8 Å². The molecule has 134 valence electrons. The van der Waals surface area contributed by atoms with Gasteiger partial charge in [0.05, 0.1) is 25.3 Å². The van der Waals surface area contributed by atoms with Crippen molar-refractivity contribution in [3.8, 4) is 0 Å². The van der Waals surface area contributed by atoms with E-state index in [0.717, 1.165) is 25.9 Å². The maximum atomic E-state index is 12.0. The van der Waals surface area contributed by atoms with Crippen LogP contribution in [-0.2, 0) is 9.53 Å². The highest BCUT2D eigenvalue weighted by Crippen LogP contribution is 2.19. The number of nitrogens with one attached hydrogen (secondary N) is 1. The lowest BCUT2D eigenvalue weighted by Gasteiger charge is -2.34. The molecule has 1 fully saturated rings. The van der Waals surface area contributed by atoms with Crippen molar-refractivity contribution in [2.75, 3.05) is 32.8 Å². The predicted molar refractivity (Wildman–Crippen MR) is 90.6 cm³/mol. The molecule has 7 heteroatoms. The molecule has 0 aromatic carbocycles. The van der Waals surface area contributed by atoms with Gasteiger partial charge in [-0.15, -0.1) is 0 Å². The van der Waals surface area contributed by atoms with E-state index in [2.05, 4.69) is 15.2 Å². The Morgan fingerprint density at radius 2 is 2.42 bits per heavy atom. The van der Waals surface area contributed by atoms with Crippen LogP contribution in [0.25, 0.3) is 0 Å². The molecular weight excluding hydrogens is 310 g/mol. The first-order chi connectivity index (χ1) is 11.7. The molecule has 0 aliphatic carbocycles. The first-order valence-corrected chi connectivity index (χ1v) is 8.57. The van der Waals surface area contributed by atoms with Crippen LogP contribution in [0.4, 0.5) is 0 Å². The summed E-state index contributed by atoms with van der Waals surface area (Å²) in [5.41, 5.74) is 0. The van der Waals surface area contributed by atoms with E-state index >= 15 is 0 Å². The molecule has 0 bridgehead atoms. The number of furan rings is 1. The van der Waals surface area contributed by atoms with E-state index in [0.29, 0.717) is 24.9 Å². The number of aliphatic imine (C=N–C) groups is 1. The molecule has 1 aromatic rings. The number of guanidine groups is 1. The molecule has 0 amide bonds. The molecule has 2 heterocycles. The number of rotatable bonds is 6. The highest BCUT2D eigenvalue weighted by molar-refractivity contribution is 5.81. The zero-order chi connectivity index (χ0) is 17.4. The Kier molecular flexibility index (Phi) is 7.11. The topological polar surface area (TPSA) is 87.3 Å². The predicted octanol–water partition coefficient (Wildman–Crippen LogP) is 1.55. The maximum Gasteiger partial charge on any atom is 0.310 e. The van der Waals surface area contributed by atoms with Crippen LogP contribution in [0.2, 0.25) is 0 Å². The summed E-state index contributed by atoms with van der Waals surface area (Å²) in [6.07, 6.45) is 2.50. The lowest BCUT2D eigenvalue weighted by atomic mass is 9.98. The largest absolute Gasteiger partial charge is 0.467 e. The van der Waals surface area contributed by atoms with Crippen LogP contribution in [0.5, 0.6) is 0 Å². The number of carbonyl (C=O) groups excluding carboxylic acids is 1. The van der Waals surface area contributed by atoms with Gasteiger partial charge in [0.25, 0.3) is 0 Å². The number of carbonyl (C=O) groups is 1. The minimum Gasteiger partial charge on any atom is -0.467 e. The molecule has 2 atom stereocenters. The van der Waals surface area contributed by atoms with E-state index in [9.17, 15) is 9.90 Å². The fraction of sp³-hybridized carbons (Fsp3) is 0.647. The number of ether oxygens (including phenoxy) is 1. The SMILES string of the molecule is CCNC(=NCC(O)c1ccco1)N1CCCC(C(=O)OCC)C1. The molecule has 0 radical (unpaired) electrons. The lowest BCUT2D eigenvalue weighted by molar-refractivity contribution is -0.149. The summed E-state index contributed by atoms with van der Waals surface area (Å²) in [4.78, 5) is 18.5. The Balaban J connectivity index is 2.00. The number of aliphatic hydroxyl groups excluding tert-OH is 1. The second kappa shape index (κ2) is 9.32. The lowest BCUT2D eigenvalue weighted by Crippen LogP contribution is -2.48. The van der Waals surface area contributed by atoms with Crippen molar-refractivity contribution in [1.82, 2.24) is 10.2 Å². The number of hydrogen-bond acceptors (Lipinski definition) is 5. The molecule has 1 aliphatic rings. The number of nitrogens with zero attached hydrogens (tertiary/aromatic N) is 2. The van der Waals surface area contributed by atoms with Crippen LogP contribution in [0, 0.1) is 5.92 Å². The van der Waals surface area contributed by atoms with E-state index in [4.69, 9.17) is 9.15 Å². The summed E-state index contributed by atoms with van der Waals surface area (Å²) in [7, 11) is 0. The molecule has 1 aliphatic heterocycles. The summed E-state index contributed by atoms with van der Waals surface area (Å²) in [5.74, 6) is 0.931. The van der Waals surface area contributed by atoms with Gasteiger partial charge in [-0.05, 0) is 38.8 Å². The van der Waals surface area contributed by atoms with Crippen molar-refractivity contribution in [3.63, 3.8) is 0 Å². The van der Waals surface area contributed by atoms with Gasteiger partial charge in [0, 0.05) is 19.6 Å². The number of hydrogen-bond donors (Lipinski definition) is 2. The zero-order valence-electron chi connectivity index (χ0n) is 14.4. The average molecular weight is 337 g/mol. The molecule has 0 spiro atoms. The van der Waals surface area contributed by atoms with E-state index in [1.54, 1.807) is 12.1 Å². The number of aliphatic hydroxyl groups is 1. The number of piperidine rings is 1. The Morgan fingerprint density at radius 3 is 3.08 bits per heavy atom. The van der Waals surface area contributed by atoms with Crippen molar-refractivity contribution in [2.24, 2.45) is 10.9 Å². The molecule has 1 aromatic heterocycles. The number of likely N-dealkylation sites (tertiary alicyclic amines) is 1. The summed E-state index contributed by atoms with van der Waals surface area (Å²) < 4.78 is 10.3. The molecule has 24 heavy (non-hydrogen) atoms. The molecular formula is C17H27N3O4. The highest BCUT2D eigenvalue weighted by atomic mass is 16.5. The normalized spacial score (nSPS) is 19.9. The molecule has 0 saturated carbocycles. The van der Waals surface area contributed by atoms with Crippen molar-refractivity contribution >= 4 is 11.9 Å². The maximum absolute atomic E-state index is 12.0. The van der Waals surface area contributed by atoms with Gasteiger partial charge in [-0.25, -0.2) is 4.99 Å². The summed E-state index contributed by atoms with van der Waals surface area (Å²) in [5, 5.41) is 13.3. The van der Waals surface area contributed by atoms with Crippen molar-refractivity contribution in [3.05, 3.63) is 24.2 Å². The van der Waals surface area contributed by atoms with E-state index in [1.165, 1.54) is 6.26 Å². The van der Waals surface area contributed by atoms with Crippen LogP contribution in [0.15, 0.2) is 27.8 Å². The molecule has 1 saturated heterocycles. The first kappa shape index (κ1) is 18.3. The van der Waals surface area contributed by atoms with Crippen molar-refractivity contribution in [2.45, 2.75) is 32.8 Å². The van der Waals surface area contributed by atoms with Gasteiger partial charge in [-0.2, -0.15) is 0 Å². The fourth-order valence-corrected chi connectivity index (χ4v) is 2.79. The van der Waals surface area contributed by atoms with Crippen molar-refractivity contribution < 1.29 is 19.1 Å². The second-order valence-corrected chi connectivity index (χ2v) is 5.76. The standard InChI is InChI=1S/C17H27N3O4/c1-3-18-17(19-11-14(21)15-8-6-10-24-15)20-9-5-7-13(12-20)16(22)23-4-2/h6,8,10,13-14,21H,3-5,7,9,11-12H2,1-2H3,(H,18,19). The first-order valence-electron chi connectivity index (χ1n) is 8.57. The van der Waals surface area contributed by atoms with Crippen molar-refractivity contribution in [1.29, 1.82) is 0 Å². The summed E-state index contributed by atoms with van der Waals surface area (Å²) in [6, 6.07) is 3.47. The van der Waals surface area contributed by atoms with Gasteiger partial charge in [0.2, 0.25) is 0 Å². The fourth-order valence-electron chi connectivity index (χ4n) is 2.79. The smallest absolute Gasteiger partial charge is 0.310 e. The van der Waals surface area contributed by atoms with Gasteiger partial charge >= 0.3 is 5.97 Å². The summed E-state index contributed by atoms with van der Waals surface area (Å²) >= 11 is 0. The third kappa shape index (κ3) is 4.99. The third-order valence-electron chi connectivity index (χ3n) is 3.96. The van der Waals surface area contributed by atoms with Crippen LogP contribution < -0.4 is 5.32 Å². The van der Waals surface area contributed by atoms with Crippen LogP contribution in [0.1, 0.15) is 38.6 Å². The average Bonchev–Trinajstić information content (AvgIpc) is 3.13. The Morgan fingerprint density at radius 1 is 1.58 bits per heavy atom. The van der Waals surface area contributed by atoms with Crippen LogP contribution >= 0.6 is 0 Å². The monoisotopic (exact) mass is 337 g/mol. The number of esters is 1. The van der Waals surface area contributed by atoms with Crippen LogP contribution in [0.3, 0.4) is 0 Å². The molecule has 7 nitrogen and oxygen atoms in total. The van der Waals surface area contributed by atoms with Gasteiger partial charge in [0.1, 0.15) is 11.9 Å². The third-order valence-corrected chi connectivity index (χ3v) is 3.96. The quantitative estimate of drug-likeness (QED) is 0.465. The molecule has 2 N–H and O–H groups in total. The minimum atomic E-state index is -0.778. The second-order valence-electron chi connectivity index (χ2n) is 5.76. The Bertz CT molecular complexity index is 530. The molecule has 2 rings (SSSR count). The Labute approximate surface area is 142 Å². The highest BCUT2D eigenvalue weighted by Gasteiger charge is 2.28. The Hall–Kier alpha value is -2.02. The van der Waals surface area contributed by atoms with Gasteiger partial charge in [-0.3, -0.25) is 4.79 Å². The van der Waals surface area contributed by atoms with Crippen LogP contribution in [-0.4, -0.2) is 54.7 Å². The van der Waals surface area contributed by atoms with Gasteiger partial charge in [0.15, 0.2) is 5.96 Å². The zero-order valence-corrected chi connectivity index (χ0v) is 14.4. The minimum absolute atomic E-state index is 0.127. The molecule has 2 unspecified atom stereocenters. The van der Waals surface area contributed by atoms with Gasteiger partial charge < -0.3 is 24.5 Å². The van der Waals surface area contributed by atoms with Gasteiger partial charge in [-0.1, -0.05) is 0 Å².